The molecule has 3 rings (SSSR count). The van der Waals surface area contributed by atoms with Gasteiger partial charge in [-0.05, 0) is 42.0 Å². The Balaban J connectivity index is 2.04. The van der Waals surface area contributed by atoms with Crippen molar-refractivity contribution in [2.24, 2.45) is 0 Å². The first-order chi connectivity index (χ1) is 11.6. The van der Waals surface area contributed by atoms with Crippen molar-refractivity contribution in [2.75, 3.05) is 14.2 Å². The fourth-order valence-corrected chi connectivity index (χ4v) is 2.37. The molecule has 1 heterocycles. The highest BCUT2D eigenvalue weighted by Gasteiger charge is 2.10. The predicted octanol–water partition coefficient (Wildman–Crippen LogP) is 3.78. The highest BCUT2D eigenvalue weighted by molar-refractivity contribution is 5.90. The highest BCUT2D eigenvalue weighted by atomic mass is 19.1. The van der Waals surface area contributed by atoms with E-state index in [2.05, 4.69) is 16.0 Å². The molecular weight excluding hydrogens is 309 g/mol. The number of allylic oxidation sites excluding steroid dienone is 1. The largest absolute Gasteiger partial charge is 0.493 e. The van der Waals surface area contributed by atoms with Gasteiger partial charge < -0.3 is 14.5 Å². The van der Waals surface area contributed by atoms with Gasteiger partial charge in [-0.15, -0.1) is 0 Å². The average Bonchev–Trinajstić information content (AvgIpc) is 3.02. The number of nitriles is 1. The van der Waals surface area contributed by atoms with Crippen LogP contribution < -0.4 is 9.47 Å². The van der Waals surface area contributed by atoms with E-state index in [-0.39, 0.29) is 5.82 Å². The van der Waals surface area contributed by atoms with Crippen LogP contribution >= 0.6 is 0 Å². The van der Waals surface area contributed by atoms with Gasteiger partial charge in [0.25, 0.3) is 0 Å². The van der Waals surface area contributed by atoms with Crippen molar-refractivity contribution in [3.63, 3.8) is 0 Å². The van der Waals surface area contributed by atoms with Crippen molar-refractivity contribution >= 4 is 22.7 Å². The molecule has 1 aromatic heterocycles. The van der Waals surface area contributed by atoms with Crippen LogP contribution in [0.1, 0.15) is 11.4 Å². The summed E-state index contributed by atoms with van der Waals surface area (Å²) < 4.78 is 23.7. The topological polar surface area (TPSA) is 70.9 Å². The molecule has 0 saturated carbocycles. The van der Waals surface area contributed by atoms with Crippen molar-refractivity contribution in [1.82, 2.24) is 9.97 Å². The fraction of sp³-hybridized carbons (Fsp3) is 0.111. The summed E-state index contributed by atoms with van der Waals surface area (Å²) in [5, 5.41) is 9.44. The van der Waals surface area contributed by atoms with Crippen molar-refractivity contribution in [3.05, 3.63) is 53.6 Å². The Labute approximate surface area is 138 Å². The summed E-state index contributed by atoms with van der Waals surface area (Å²) in [6, 6.07) is 11.7. The van der Waals surface area contributed by atoms with Crippen molar-refractivity contribution in [1.29, 1.82) is 5.26 Å². The summed E-state index contributed by atoms with van der Waals surface area (Å²) in [5.74, 6) is 1.19. The maximum Gasteiger partial charge on any atom is 0.161 e. The second-order valence-corrected chi connectivity index (χ2v) is 5.03. The minimum Gasteiger partial charge on any atom is -0.493 e. The molecule has 120 valence electrons. The number of nitrogens with zero attached hydrogens (tertiary/aromatic N) is 2. The van der Waals surface area contributed by atoms with Crippen LogP contribution in [0.2, 0.25) is 0 Å². The number of halogens is 1. The molecule has 2 aromatic carbocycles. The molecule has 0 aliphatic rings. The Bertz CT molecular complexity index is 970. The minimum absolute atomic E-state index is 0.332. The zero-order valence-corrected chi connectivity index (χ0v) is 13.1. The Kier molecular flexibility index (Phi) is 4.17. The first-order valence-corrected chi connectivity index (χ1v) is 7.14. The number of aromatic amines is 1. The van der Waals surface area contributed by atoms with Crippen molar-refractivity contribution in [2.45, 2.75) is 0 Å². The number of nitrogens with one attached hydrogen (secondary N) is 1. The molecular formula is C18H14FN3O2. The number of H-pyrrole nitrogens is 1. The number of ether oxygens (including phenoxy) is 2. The molecule has 0 saturated heterocycles. The minimum atomic E-state index is -0.361. The SMILES string of the molecule is COc1ccc(/C=C(/C#N)c2nc3ccc(F)cc3[nH]2)cc1OC. The van der Waals surface area contributed by atoms with Gasteiger partial charge in [-0.2, -0.15) is 5.26 Å². The first-order valence-electron chi connectivity index (χ1n) is 7.14. The Morgan fingerprint density at radius 1 is 1.17 bits per heavy atom. The zero-order chi connectivity index (χ0) is 17.1. The van der Waals surface area contributed by atoms with Gasteiger partial charge in [-0.3, -0.25) is 0 Å². The number of methoxy groups -OCH3 is 2. The van der Waals surface area contributed by atoms with Gasteiger partial charge in [0.1, 0.15) is 17.7 Å². The smallest absolute Gasteiger partial charge is 0.161 e. The molecule has 0 spiro atoms. The molecule has 0 amide bonds. The van der Waals surface area contributed by atoms with Gasteiger partial charge in [0.2, 0.25) is 0 Å². The van der Waals surface area contributed by atoms with Crippen LogP contribution in [-0.2, 0) is 0 Å². The van der Waals surface area contributed by atoms with Crippen LogP contribution in [0.15, 0.2) is 36.4 Å². The molecule has 24 heavy (non-hydrogen) atoms. The number of rotatable bonds is 4. The third-order valence-electron chi connectivity index (χ3n) is 3.54. The summed E-state index contributed by atoms with van der Waals surface area (Å²) in [6.07, 6.45) is 1.68. The third kappa shape index (κ3) is 2.92. The van der Waals surface area contributed by atoms with E-state index in [1.165, 1.54) is 12.1 Å². The van der Waals surface area contributed by atoms with Gasteiger partial charge in [-0.25, -0.2) is 9.37 Å². The molecule has 0 fully saturated rings. The lowest BCUT2D eigenvalue weighted by Gasteiger charge is -2.07. The van der Waals surface area contributed by atoms with Gasteiger partial charge >= 0.3 is 0 Å². The summed E-state index contributed by atoms with van der Waals surface area (Å²) in [6.45, 7) is 0. The van der Waals surface area contributed by atoms with Gasteiger partial charge in [0, 0.05) is 0 Å². The van der Waals surface area contributed by atoms with Crippen molar-refractivity contribution in [3.8, 4) is 17.6 Å². The zero-order valence-electron chi connectivity index (χ0n) is 13.1. The number of hydrogen-bond donors (Lipinski definition) is 1. The van der Waals surface area contributed by atoms with Gasteiger partial charge in [0.05, 0.1) is 30.8 Å². The van der Waals surface area contributed by atoms with Crippen LogP contribution in [0.4, 0.5) is 4.39 Å². The molecule has 0 atom stereocenters. The first kappa shape index (κ1) is 15.6. The Morgan fingerprint density at radius 3 is 2.67 bits per heavy atom. The summed E-state index contributed by atoms with van der Waals surface area (Å²) >= 11 is 0. The molecule has 0 aliphatic heterocycles. The monoisotopic (exact) mass is 323 g/mol. The lowest BCUT2D eigenvalue weighted by atomic mass is 10.1. The molecule has 1 N–H and O–H groups in total. The molecule has 3 aromatic rings. The van der Waals surface area contributed by atoms with E-state index < -0.39 is 0 Å². The van der Waals surface area contributed by atoms with Crippen molar-refractivity contribution < 1.29 is 13.9 Å². The van der Waals surface area contributed by atoms with Crippen LogP contribution in [0, 0.1) is 17.1 Å². The van der Waals surface area contributed by atoms with Gasteiger partial charge in [-0.1, -0.05) is 6.07 Å². The Morgan fingerprint density at radius 2 is 1.96 bits per heavy atom. The summed E-state index contributed by atoms with van der Waals surface area (Å²) in [5.41, 5.74) is 2.23. The van der Waals surface area contributed by atoms with Crippen LogP contribution in [-0.4, -0.2) is 24.2 Å². The van der Waals surface area contributed by atoms with E-state index in [1.807, 2.05) is 0 Å². The van der Waals surface area contributed by atoms with E-state index >= 15 is 0 Å². The lowest BCUT2D eigenvalue weighted by Crippen LogP contribution is -1.91. The van der Waals surface area contributed by atoms with E-state index in [0.29, 0.717) is 33.9 Å². The fourth-order valence-electron chi connectivity index (χ4n) is 2.37. The lowest BCUT2D eigenvalue weighted by molar-refractivity contribution is 0.355. The standard InChI is InChI=1S/C18H14FN3O2/c1-23-16-6-3-11(8-17(16)24-2)7-12(10-20)18-21-14-5-4-13(19)9-15(14)22-18/h3-9H,1-2H3,(H,21,22)/b12-7-. The van der Waals surface area contributed by atoms with Crippen LogP contribution in [0.3, 0.4) is 0 Å². The van der Waals surface area contributed by atoms with Gasteiger partial charge in [0.15, 0.2) is 11.5 Å². The highest BCUT2D eigenvalue weighted by Crippen LogP contribution is 2.29. The maximum absolute atomic E-state index is 13.3. The van der Waals surface area contributed by atoms with E-state index in [0.717, 1.165) is 5.56 Å². The number of fused-ring (bicyclic) bond motifs is 1. The summed E-state index contributed by atoms with van der Waals surface area (Å²) in [7, 11) is 3.10. The maximum atomic E-state index is 13.3. The van der Waals surface area contributed by atoms with Crippen LogP contribution in [0.25, 0.3) is 22.7 Å². The molecule has 0 aliphatic carbocycles. The molecule has 0 radical (unpaired) electrons. The molecule has 5 nitrogen and oxygen atoms in total. The molecule has 0 bridgehead atoms. The van der Waals surface area contributed by atoms with Crippen LogP contribution in [0.5, 0.6) is 11.5 Å². The second-order valence-electron chi connectivity index (χ2n) is 5.03. The number of aromatic nitrogens is 2. The average molecular weight is 323 g/mol. The molecule has 6 heteroatoms. The molecule has 0 unspecified atom stereocenters. The quantitative estimate of drug-likeness (QED) is 0.742. The normalized spacial score (nSPS) is 11.3. The number of benzene rings is 2. The summed E-state index contributed by atoms with van der Waals surface area (Å²) in [4.78, 5) is 7.29. The third-order valence-corrected chi connectivity index (χ3v) is 3.54. The second kappa shape index (κ2) is 6.42. The number of imidazole rings is 1. The predicted molar refractivity (Wildman–Crippen MR) is 89.1 cm³/mol. The van der Waals surface area contributed by atoms with E-state index in [4.69, 9.17) is 9.47 Å². The number of hydrogen-bond acceptors (Lipinski definition) is 4. The van der Waals surface area contributed by atoms with E-state index in [9.17, 15) is 9.65 Å². The Hall–Kier alpha value is -3.33. The van der Waals surface area contributed by atoms with E-state index in [1.54, 1.807) is 44.6 Å².